The number of aromatic nitrogens is 2. The normalized spacial score (nSPS) is 11.8. The van der Waals surface area contributed by atoms with Gasteiger partial charge >= 0.3 is 0 Å². The molecule has 296 valence electrons. The van der Waals surface area contributed by atoms with E-state index >= 15 is 0 Å². The zero-order chi connectivity index (χ0) is 41.7. The summed E-state index contributed by atoms with van der Waals surface area (Å²) in [5, 5.41) is 10.4. The predicted molar refractivity (Wildman–Crippen MR) is 270 cm³/mol. The van der Waals surface area contributed by atoms with Crippen molar-refractivity contribution in [2.75, 3.05) is 0 Å². The SMILES string of the molecule is c1ccc(-c2ccc3c(c2[Si](c2ccccc2)(c2ccccc2)c2ccccc2)c2c(-c4ccccc4)cccc2n3-c2cccc3c2c2ccccc2n3-c2ccccc2)cc1. The molecular formula is C60H42N2Si. The van der Waals surface area contributed by atoms with E-state index in [0.29, 0.717) is 0 Å². The van der Waals surface area contributed by atoms with Gasteiger partial charge in [0.1, 0.15) is 0 Å². The van der Waals surface area contributed by atoms with Crippen molar-refractivity contribution in [3.8, 4) is 33.6 Å². The van der Waals surface area contributed by atoms with Crippen molar-refractivity contribution in [3.05, 3.63) is 255 Å². The van der Waals surface area contributed by atoms with Gasteiger partial charge in [-0.2, -0.15) is 0 Å². The van der Waals surface area contributed by atoms with Crippen molar-refractivity contribution >= 4 is 72.4 Å². The molecule has 0 radical (unpaired) electrons. The minimum absolute atomic E-state index is 1.15. The Morgan fingerprint density at radius 1 is 0.270 bits per heavy atom. The zero-order valence-corrected chi connectivity index (χ0v) is 35.6. The zero-order valence-electron chi connectivity index (χ0n) is 34.6. The smallest absolute Gasteiger partial charge is 0.180 e. The van der Waals surface area contributed by atoms with Crippen LogP contribution in [-0.2, 0) is 0 Å². The molecule has 0 fully saturated rings. The van der Waals surface area contributed by atoms with Crippen molar-refractivity contribution in [2.45, 2.75) is 0 Å². The van der Waals surface area contributed by atoms with Crippen LogP contribution in [0.2, 0.25) is 0 Å². The summed E-state index contributed by atoms with van der Waals surface area (Å²) in [7, 11) is -3.18. The molecule has 0 N–H and O–H groups in total. The first-order chi connectivity index (χ1) is 31.3. The number of nitrogens with zero attached hydrogens (tertiary/aromatic N) is 2. The lowest BCUT2D eigenvalue weighted by molar-refractivity contribution is 1.17. The van der Waals surface area contributed by atoms with Crippen molar-refractivity contribution in [1.82, 2.24) is 9.13 Å². The highest BCUT2D eigenvalue weighted by Gasteiger charge is 2.45. The molecule has 2 heterocycles. The Balaban J connectivity index is 1.35. The van der Waals surface area contributed by atoms with E-state index in [1.54, 1.807) is 0 Å². The lowest BCUT2D eigenvalue weighted by atomic mass is 9.97. The average molecular weight is 819 g/mol. The minimum atomic E-state index is -3.18. The molecule has 0 bridgehead atoms. The van der Waals surface area contributed by atoms with Crippen LogP contribution in [0.5, 0.6) is 0 Å². The molecule has 0 spiro atoms. The molecule has 2 aromatic heterocycles. The van der Waals surface area contributed by atoms with E-state index in [0.717, 1.165) is 11.4 Å². The van der Waals surface area contributed by atoms with Gasteiger partial charge in [0.25, 0.3) is 0 Å². The second-order valence-electron chi connectivity index (χ2n) is 16.4. The molecule has 10 aromatic carbocycles. The molecule has 0 unspecified atom stereocenters. The molecule has 0 aliphatic carbocycles. The van der Waals surface area contributed by atoms with Gasteiger partial charge in [0, 0.05) is 27.2 Å². The first-order valence-corrected chi connectivity index (χ1v) is 23.8. The number of para-hydroxylation sites is 2. The van der Waals surface area contributed by atoms with E-state index in [2.05, 4.69) is 264 Å². The van der Waals surface area contributed by atoms with Gasteiger partial charge in [-0.3, -0.25) is 0 Å². The van der Waals surface area contributed by atoms with Gasteiger partial charge in [0.05, 0.1) is 27.8 Å². The number of rotatable bonds is 8. The molecule has 0 saturated carbocycles. The lowest BCUT2D eigenvalue weighted by Crippen LogP contribution is -2.75. The Hall–Kier alpha value is -7.98. The maximum absolute atomic E-state index is 3.18. The molecule has 12 rings (SSSR count). The minimum Gasteiger partial charge on any atom is -0.309 e. The maximum Gasteiger partial charge on any atom is 0.180 e. The van der Waals surface area contributed by atoms with Gasteiger partial charge in [-0.25, -0.2) is 0 Å². The summed E-state index contributed by atoms with van der Waals surface area (Å²) in [5.41, 5.74) is 11.9. The van der Waals surface area contributed by atoms with Gasteiger partial charge < -0.3 is 9.13 Å². The van der Waals surface area contributed by atoms with E-state index in [1.165, 1.54) is 86.6 Å². The Bertz CT molecular complexity index is 3480. The molecule has 0 aliphatic heterocycles. The Morgan fingerprint density at radius 3 is 1.30 bits per heavy atom. The first kappa shape index (κ1) is 36.8. The average Bonchev–Trinajstić information content (AvgIpc) is 3.89. The maximum atomic E-state index is 2.58. The van der Waals surface area contributed by atoms with E-state index in [4.69, 9.17) is 0 Å². The molecule has 63 heavy (non-hydrogen) atoms. The van der Waals surface area contributed by atoms with Gasteiger partial charge in [-0.15, -0.1) is 0 Å². The fourth-order valence-electron chi connectivity index (χ4n) is 10.6. The third-order valence-electron chi connectivity index (χ3n) is 13.1. The molecule has 3 heteroatoms. The van der Waals surface area contributed by atoms with Crippen LogP contribution in [0, 0.1) is 0 Å². The highest BCUT2D eigenvalue weighted by molar-refractivity contribution is 7.21. The Labute approximate surface area is 368 Å². The summed E-state index contributed by atoms with van der Waals surface area (Å²) in [6.07, 6.45) is 0. The van der Waals surface area contributed by atoms with Crippen LogP contribution in [0.15, 0.2) is 255 Å². The van der Waals surface area contributed by atoms with Crippen LogP contribution in [0.1, 0.15) is 0 Å². The number of hydrogen-bond acceptors (Lipinski definition) is 0. The quantitative estimate of drug-likeness (QED) is 0.107. The van der Waals surface area contributed by atoms with Gasteiger partial charge in [0.15, 0.2) is 8.07 Å². The molecule has 0 amide bonds. The largest absolute Gasteiger partial charge is 0.309 e. The van der Waals surface area contributed by atoms with Crippen LogP contribution in [-0.4, -0.2) is 17.2 Å². The molecule has 0 saturated heterocycles. The molecule has 0 atom stereocenters. The summed E-state index contributed by atoms with van der Waals surface area (Å²) >= 11 is 0. The summed E-state index contributed by atoms with van der Waals surface area (Å²) < 4.78 is 5.01. The second kappa shape index (κ2) is 15.2. The van der Waals surface area contributed by atoms with Crippen LogP contribution in [0.25, 0.3) is 77.2 Å². The fraction of sp³-hybridized carbons (Fsp3) is 0. The number of fused-ring (bicyclic) bond motifs is 6. The highest BCUT2D eigenvalue weighted by atomic mass is 28.3. The topological polar surface area (TPSA) is 9.86 Å². The predicted octanol–water partition coefficient (Wildman–Crippen LogP) is 12.6. The number of hydrogen-bond donors (Lipinski definition) is 0. The summed E-state index contributed by atoms with van der Waals surface area (Å²) in [4.78, 5) is 0. The van der Waals surface area contributed by atoms with Gasteiger partial charge in [0.2, 0.25) is 0 Å². The number of benzene rings is 10. The van der Waals surface area contributed by atoms with Crippen molar-refractivity contribution in [1.29, 1.82) is 0 Å². The van der Waals surface area contributed by atoms with Crippen molar-refractivity contribution in [3.63, 3.8) is 0 Å². The Kier molecular flexibility index (Phi) is 8.87. The Morgan fingerprint density at radius 2 is 0.714 bits per heavy atom. The van der Waals surface area contributed by atoms with Gasteiger partial charge in [-0.05, 0) is 85.5 Å². The van der Waals surface area contributed by atoms with E-state index in [9.17, 15) is 0 Å². The standard InChI is InChI=1S/C60H42N2Si/c1-7-23-43(24-8-1)49-36-21-38-55-58(49)59-56(62(55)54-40-22-39-53-57(54)51-35-19-20-37-52(51)61(53)45-27-11-3-12-28-45)42-41-50(44-25-9-2-10-26-44)60(59)63(46-29-13-4-14-30-46,47-31-15-5-16-32-47)48-33-17-6-18-34-48/h1-42H. The van der Waals surface area contributed by atoms with E-state index in [1.807, 2.05) is 0 Å². The van der Waals surface area contributed by atoms with Crippen molar-refractivity contribution in [2.24, 2.45) is 0 Å². The molecule has 12 aromatic rings. The van der Waals surface area contributed by atoms with Crippen LogP contribution in [0.3, 0.4) is 0 Å². The summed E-state index contributed by atoms with van der Waals surface area (Å²) in [5.74, 6) is 0. The van der Waals surface area contributed by atoms with Gasteiger partial charge in [-0.1, -0.05) is 212 Å². The van der Waals surface area contributed by atoms with Crippen LogP contribution >= 0.6 is 0 Å². The summed E-state index contributed by atoms with van der Waals surface area (Å²) in [6.45, 7) is 0. The van der Waals surface area contributed by atoms with Crippen molar-refractivity contribution < 1.29 is 0 Å². The second-order valence-corrected chi connectivity index (χ2v) is 20.1. The highest BCUT2D eigenvalue weighted by Crippen LogP contribution is 2.43. The van der Waals surface area contributed by atoms with Crippen LogP contribution in [0.4, 0.5) is 0 Å². The lowest BCUT2D eigenvalue weighted by Gasteiger charge is -2.37. The van der Waals surface area contributed by atoms with E-state index in [-0.39, 0.29) is 0 Å². The third-order valence-corrected chi connectivity index (χ3v) is 17.9. The molecule has 2 nitrogen and oxygen atoms in total. The summed E-state index contributed by atoms with van der Waals surface area (Å²) in [6, 6.07) is 94.5. The molecular weight excluding hydrogens is 777 g/mol. The van der Waals surface area contributed by atoms with Crippen LogP contribution < -0.4 is 20.7 Å². The first-order valence-electron chi connectivity index (χ1n) is 21.8. The monoisotopic (exact) mass is 818 g/mol. The molecule has 0 aliphatic rings. The van der Waals surface area contributed by atoms with E-state index < -0.39 is 8.07 Å². The fourth-order valence-corrected chi connectivity index (χ4v) is 15.8. The third kappa shape index (κ3) is 5.71.